The molecule has 0 bridgehead atoms. The van der Waals surface area contributed by atoms with Gasteiger partial charge in [-0.3, -0.25) is 4.79 Å². The van der Waals surface area contributed by atoms with Crippen LogP contribution in [0.4, 0.5) is 0 Å². The number of aliphatic hydroxyl groups excluding tert-OH is 1. The fraction of sp³-hybridized carbons (Fsp3) is 0.667. The third kappa shape index (κ3) is 2.95. The number of rotatable bonds is 7. The van der Waals surface area contributed by atoms with Gasteiger partial charge in [-0.05, 0) is 26.8 Å². The number of ketones is 1. The Morgan fingerprint density at radius 1 is 1.50 bits per heavy atom. The molecule has 0 unspecified atom stereocenters. The molecule has 20 heavy (non-hydrogen) atoms. The average Bonchev–Trinajstić information content (AvgIpc) is 2.67. The molecule has 0 atom stereocenters. The Labute approximate surface area is 124 Å². The van der Waals surface area contributed by atoms with Gasteiger partial charge >= 0.3 is 0 Å². The van der Waals surface area contributed by atoms with E-state index in [0.29, 0.717) is 19.0 Å². The van der Waals surface area contributed by atoms with Crippen molar-refractivity contribution in [1.29, 1.82) is 0 Å². The minimum Gasteiger partial charge on any atom is -0.396 e. The molecule has 1 N–H and O–H groups in total. The molecule has 0 aliphatic carbocycles. The number of ether oxygens (including phenoxy) is 1. The Morgan fingerprint density at radius 2 is 2.20 bits per heavy atom. The van der Waals surface area contributed by atoms with E-state index in [-0.39, 0.29) is 17.8 Å². The van der Waals surface area contributed by atoms with Crippen molar-refractivity contribution in [2.45, 2.75) is 27.3 Å². The van der Waals surface area contributed by atoms with Crippen LogP contribution in [0.2, 0.25) is 0 Å². The summed E-state index contributed by atoms with van der Waals surface area (Å²) < 4.78 is 7.32. The van der Waals surface area contributed by atoms with Crippen LogP contribution in [-0.4, -0.2) is 46.8 Å². The Kier molecular flexibility index (Phi) is 4.94. The van der Waals surface area contributed by atoms with Gasteiger partial charge in [-0.15, -0.1) is 0 Å². The van der Waals surface area contributed by atoms with Gasteiger partial charge in [-0.1, -0.05) is 0 Å². The van der Waals surface area contributed by atoms with Gasteiger partial charge < -0.3 is 14.4 Å². The lowest BCUT2D eigenvalue weighted by Crippen LogP contribution is -2.47. The zero-order valence-corrected chi connectivity index (χ0v) is 13.3. The zero-order valence-electron chi connectivity index (χ0n) is 12.4. The molecule has 1 fully saturated rings. The number of aromatic nitrogens is 1. The second-order valence-electron chi connectivity index (χ2n) is 5.60. The van der Waals surface area contributed by atoms with Gasteiger partial charge in [-0.25, -0.2) is 0 Å². The molecule has 1 saturated heterocycles. The van der Waals surface area contributed by atoms with Gasteiger partial charge in [0.25, 0.3) is 0 Å². The summed E-state index contributed by atoms with van der Waals surface area (Å²) in [6.07, 6.45) is 0. The summed E-state index contributed by atoms with van der Waals surface area (Å²) in [6, 6.07) is 1.98. The largest absolute Gasteiger partial charge is 0.396 e. The van der Waals surface area contributed by atoms with Crippen LogP contribution < -0.4 is 0 Å². The van der Waals surface area contributed by atoms with Crippen molar-refractivity contribution < 1.29 is 14.6 Å². The van der Waals surface area contributed by atoms with Gasteiger partial charge in [0.15, 0.2) is 5.78 Å². The van der Waals surface area contributed by atoms with Crippen LogP contribution in [0.25, 0.3) is 0 Å². The van der Waals surface area contributed by atoms with Crippen LogP contribution in [0.1, 0.15) is 28.7 Å². The molecule has 5 heteroatoms. The number of hydrogen-bond donors (Lipinski definition) is 1. The quantitative estimate of drug-likeness (QED) is 0.783. The maximum Gasteiger partial charge on any atom is 0.174 e. The summed E-state index contributed by atoms with van der Waals surface area (Å²) in [4.78, 5) is 12.3. The maximum atomic E-state index is 12.3. The number of carbonyl (C=O) groups excluding carboxylic acids is 1. The van der Waals surface area contributed by atoms with Crippen molar-refractivity contribution in [3.8, 4) is 0 Å². The minimum absolute atomic E-state index is 0.120. The average molecular weight is 297 g/mol. The van der Waals surface area contributed by atoms with Gasteiger partial charge in [0.2, 0.25) is 0 Å². The molecule has 4 nitrogen and oxygen atoms in total. The maximum absolute atomic E-state index is 12.3. The fourth-order valence-electron chi connectivity index (χ4n) is 2.62. The Balaban J connectivity index is 1.92. The smallest absolute Gasteiger partial charge is 0.174 e. The first-order chi connectivity index (χ1) is 9.53. The highest BCUT2D eigenvalue weighted by atomic mass is 32.2. The molecule has 1 aliphatic rings. The minimum atomic E-state index is -0.120. The van der Waals surface area contributed by atoms with Gasteiger partial charge in [-0.2, -0.15) is 11.8 Å². The summed E-state index contributed by atoms with van der Waals surface area (Å²) in [6.45, 7) is 8.37. The number of aryl methyl sites for hydroxylation is 1. The third-order valence-electron chi connectivity index (χ3n) is 3.98. The van der Waals surface area contributed by atoms with Crippen molar-refractivity contribution in [2.24, 2.45) is 5.41 Å². The van der Waals surface area contributed by atoms with Crippen LogP contribution in [0.5, 0.6) is 0 Å². The zero-order chi connectivity index (χ0) is 14.8. The normalized spacial score (nSPS) is 17.0. The first-order valence-electron chi connectivity index (χ1n) is 6.99. The van der Waals surface area contributed by atoms with Crippen LogP contribution in [-0.2, 0) is 11.3 Å². The lowest BCUT2D eigenvalue weighted by molar-refractivity contribution is -0.121. The van der Waals surface area contributed by atoms with Crippen molar-refractivity contribution in [3.05, 3.63) is 23.0 Å². The summed E-state index contributed by atoms with van der Waals surface area (Å²) in [5.74, 6) is 1.42. The van der Waals surface area contributed by atoms with Crippen molar-refractivity contribution in [1.82, 2.24) is 4.57 Å². The van der Waals surface area contributed by atoms with Crippen molar-refractivity contribution in [3.63, 3.8) is 0 Å². The molecule has 0 aromatic carbocycles. The molecule has 0 radical (unpaired) electrons. The van der Waals surface area contributed by atoms with E-state index in [1.165, 1.54) is 0 Å². The standard InChI is InChI=1S/C15H23NO3S/c1-4-16-11(2)5-13(12(16)3)14(18)6-20-10-15(7-17)8-19-9-15/h5,17H,4,6-10H2,1-3H3. The monoisotopic (exact) mass is 297 g/mol. The predicted molar refractivity (Wildman–Crippen MR) is 81.6 cm³/mol. The Bertz CT molecular complexity index is 486. The number of aliphatic hydroxyl groups is 1. The highest BCUT2D eigenvalue weighted by Gasteiger charge is 2.37. The molecule has 1 aromatic rings. The SMILES string of the molecule is CCn1c(C)cc(C(=O)CSCC2(CO)COC2)c1C. The second-order valence-corrected chi connectivity index (χ2v) is 6.58. The number of carbonyl (C=O) groups is 1. The molecule has 112 valence electrons. The van der Waals surface area contributed by atoms with Crippen molar-refractivity contribution >= 4 is 17.5 Å². The van der Waals surface area contributed by atoms with Gasteiger partial charge in [0.1, 0.15) is 0 Å². The van der Waals surface area contributed by atoms with Crippen LogP contribution in [0, 0.1) is 19.3 Å². The first kappa shape index (κ1) is 15.6. The number of hydrogen-bond acceptors (Lipinski definition) is 4. The second kappa shape index (κ2) is 6.33. The lowest BCUT2D eigenvalue weighted by atomic mass is 9.90. The van der Waals surface area contributed by atoms with E-state index < -0.39 is 0 Å². The van der Waals surface area contributed by atoms with E-state index in [1.807, 2.05) is 19.9 Å². The fourth-order valence-corrected chi connectivity index (χ4v) is 3.75. The molecular weight excluding hydrogens is 274 g/mol. The Morgan fingerprint density at radius 3 is 2.65 bits per heavy atom. The van der Waals surface area contributed by atoms with E-state index in [4.69, 9.17) is 4.74 Å². The van der Waals surface area contributed by atoms with E-state index in [1.54, 1.807) is 11.8 Å². The van der Waals surface area contributed by atoms with E-state index in [9.17, 15) is 9.90 Å². The molecule has 1 aliphatic heterocycles. The Hall–Kier alpha value is -0.780. The summed E-state index contributed by atoms with van der Waals surface area (Å²) in [5, 5.41) is 9.35. The number of nitrogens with zero attached hydrogens (tertiary/aromatic N) is 1. The van der Waals surface area contributed by atoms with E-state index >= 15 is 0 Å². The molecule has 2 rings (SSSR count). The number of thioether (sulfide) groups is 1. The van der Waals surface area contributed by atoms with Crippen molar-refractivity contribution in [2.75, 3.05) is 31.3 Å². The molecule has 0 spiro atoms. The molecular formula is C15H23NO3S. The van der Waals surface area contributed by atoms with Crippen LogP contribution >= 0.6 is 11.8 Å². The molecule has 1 aromatic heterocycles. The van der Waals surface area contributed by atoms with Gasteiger partial charge in [0, 0.05) is 34.7 Å². The first-order valence-corrected chi connectivity index (χ1v) is 8.15. The molecule has 0 saturated carbocycles. The van der Waals surface area contributed by atoms with E-state index in [2.05, 4.69) is 11.5 Å². The lowest BCUT2D eigenvalue weighted by Gasteiger charge is -2.39. The summed E-state index contributed by atoms with van der Waals surface area (Å²) in [5.41, 5.74) is 2.91. The summed E-state index contributed by atoms with van der Waals surface area (Å²) in [7, 11) is 0. The highest BCUT2D eigenvalue weighted by molar-refractivity contribution is 8.00. The van der Waals surface area contributed by atoms with Gasteiger partial charge in [0.05, 0.1) is 25.6 Å². The third-order valence-corrected chi connectivity index (χ3v) is 5.27. The number of Topliss-reactive ketones (excluding diaryl/α,β-unsaturated/α-hetero) is 1. The topological polar surface area (TPSA) is 51.5 Å². The predicted octanol–water partition coefficient (Wildman–Crippen LogP) is 2.05. The van der Waals surface area contributed by atoms with E-state index in [0.717, 1.165) is 29.2 Å². The molecule has 0 amide bonds. The molecule has 2 heterocycles. The highest BCUT2D eigenvalue weighted by Crippen LogP contribution is 2.31. The summed E-state index contributed by atoms with van der Waals surface area (Å²) >= 11 is 1.60. The van der Waals surface area contributed by atoms with Crippen LogP contribution in [0.15, 0.2) is 6.07 Å². The van der Waals surface area contributed by atoms with Crippen LogP contribution in [0.3, 0.4) is 0 Å².